The molecule has 0 nitrogen and oxygen atoms in total. The summed E-state index contributed by atoms with van der Waals surface area (Å²) in [6, 6.07) is 0. The molecule has 0 radical (unpaired) electrons. The van der Waals surface area contributed by atoms with Crippen LogP contribution in [0.1, 0.15) is 6.42 Å². The fourth-order valence-corrected chi connectivity index (χ4v) is 2.58. The standard InChI is InChI=1S/C8H11F3Si/c1-12(2,8(9,10)11)7-5-3-4-6-7/h3,5-6H,4H2,1-2H3. The Kier molecular flexibility index (Phi) is 2.20. The number of hydrogen-bond donors (Lipinski definition) is 0. The first kappa shape index (κ1) is 9.57. The highest BCUT2D eigenvalue weighted by molar-refractivity contribution is 6.86. The van der Waals surface area contributed by atoms with Crippen LogP contribution >= 0.6 is 0 Å². The number of hydrogen-bond acceptors (Lipinski definition) is 0. The van der Waals surface area contributed by atoms with Crippen molar-refractivity contribution in [2.75, 3.05) is 0 Å². The summed E-state index contributed by atoms with van der Waals surface area (Å²) < 4.78 is 37.4. The molecule has 0 saturated carbocycles. The molecule has 0 heterocycles. The van der Waals surface area contributed by atoms with Gasteiger partial charge in [-0.2, -0.15) is 13.2 Å². The molecule has 68 valence electrons. The van der Waals surface area contributed by atoms with Crippen LogP contribution in [0.5, 0.6) is 0 Å². The van der Waals surface area contributed by atoms with E-state index in [2.05, 4.69) is 0 Å². The van der Waals surface area contributed by atoms with Gasteiger partial charge in [-0.15, -0.1) is 0 Å². The van der Waals surface area contributed by atoms with Crippen molar-refractivity contribution in [1.82, 2.24) is 0 Å². The summed E-state index contributed by atoms with van der Waals surface area (Å²) in [5, 5.41) is 0.509. The van der Waals surface area contributed by atoms with Crippen molar-refractivity contribution >= 4 is 8.07 Å². The van der Waals surface area contributed by atoms with Crippen LogP contribution in [0.3, 0.4) is 0 Å². The van der Waals surface area contributed by atoms with E-state index in [1.165, 1.54) is 13.1 Å². The minimum Gasteiger partial charge on any atom is -0.176 e. The van der Waals surface area contributed by atoms with Crippen LogP contribution in [0.15, 0.2) is 23.4 Å². The van der Waals surface area contributed by atoms with E-state index in [9.17, 15) is 13.2 Å². The molecule has 0 atom stereocenters. The van der Waals surface area contributed by atoms with Crippen molar-refractivity contribution in [1.29, 1.82) is 0 Å². The third-order valence-corrected chi connectivity index (χ3v) is 5.43. The summed E-state index contributed by atoms with van der Waals surface area (Å²) in [6.07, 6.45) is 5.72. The Morgan fingerprint density at radius 1 is 1.33 bits per heavy atom. The van der Waals surface area contributed by atoms with Crippen LogP contribution in [0, 0.1) is 0 Å². The average molecular weight is 192 g/mol. The molecule has 0 bridgehead atoms. The second-order valence-electron chi connectivity index (χ2n) is 3.42. The van der Waals surface area contributed by atoms with Crippen LogP contribution in [0.2, 0.25) is 13.1 Å². The highest BCUT2D eigenvalue weighted by Crippen LogP contribution is 2.36. The summed E-state index contributed by atoms with van der Waals surface area (Å²) in [6.45, 7) is 2.68. The predicted octanol–water partition coefficient (Wildman–Crippen LogP) is 3.22. The summed E-state index contributed by atoms with van der Waals surface area (Å²) in [5.41, 5.74) is 0. The first-order chi connectivity index (χ1) is 5.36. The van der Waals surface area contributed by atoms with E-state index in [0.29, 0.717) is 11.6 Å². The Bertz CT molecular complexity index is 235. The summed E-state index contributed by atoms with van der Waals surface area (Å²) in [4.78, 5) is 0. The SMILES string of the molecule is C[Si](C)(C1=CCC=C1)C(F)(F)F. The van der Waals surface area contributed by atoms with Crippen LogP contribution in [-0.2, 0) is 0 Å². The molecule has 1 rings (SSSR count). The van der Waals surface area contributed by atoms with Crippen LogP contribution in [0.4, 0.5) is 13.2 Å². The van der Waals surface area contributed by atoms with E-state index in [0.717, 1.165) is 0 Å². The molecular formula is C8H11F3Si. The molecule has 0 fully saturated rings. The van der Waals surface area contributed by atoms with Gasteiger partial charge in [0.1, 0.15) is 0 Å². The lowest BCUT2D eigenvalue weighted by atomic mass is 10.5. The second kappa shape index (κ2) is 2.76. The summed E-state index contributed by atoms with van der Waals surface area (Å²) in [7, 11) is -3.20. The maximum atomic E-state index is 12.5. The molecule has 1 aliphatic carbocycles. The summed E-state index contributed by atoms with van der Waals surface area (Å²) >= 11 is 0. The third-order valence-electron chi connectivity index (χ3n) is 2.20. The van der Waals surface area contributed by atoms with Crippen molar-refractivity contribution in [2.24, 2.45) is 0 Å². The van der Waals surface area contributed by atoms with Crippen molar-refractivity contribution in [2.45, 2.75) is 25.3 Å². The van der Waals surface area contributed by atoms with Crippen molar-refractivity contribution in [3.63, 3.8) is 0 Å². The first-order valence-electron chi connectivity index (χ1n) is 3.79. The largest absolute Gasteiger partial charge is 0.365 e. The average Bonchev–Trinajstić information content (AvgIpc) is 2.34. The van der Waals surface area contributed by atoms with Gasteiger partial charge in [0, 0.05) is 0 Å². The molecule has 0 aromatic heterocycles. The van der Waals surface area contributed by atoms with Gasteiger partial charge in [0.15, 0.2) is 0 Å². The van der Waals surface area contributed by atoms with Gasteiger partial charge >= 0.3 is 5.80 Å². The normalized spacial score (nSPS) is 18.2. The highest BCUT2D eigenvalue weighted by Gasteiger charge is 2.51. The van der Waals surface area contributed by atoms with Crippen LogP contribution in [-0.4, -0.2) is 13.9 Å². The smallest absolute Gasteiger partial charge is 0.176 e. The molecule has 12 heavy (non-hydrogen) atoms. The van der Waals surface area contributed by atoms with Crippen molar-refractivity contribution in [3.05, 3.63) is 23.4 Å². The lowest BCUT2D eigenvalue weighted by Gasteiger charge is -2.25. The highest BCUT2D eigenvalue weighted by atomic mass is 28.3. The molecule has 0 unspecified atom stereocenters. The maximum absolute atomic E-state index is 12.5. The first-order valence-corrected chi connectivity index (χ1v) is 6.79. The fourth-order valence-electron chi connectivity index (χ4n) is 1.09. The zero-order valence-electron chi connectivity index (χ0n) is 7.07. The molecule has 0 N–H and O–H groups in total. The minimum atomic E-state index is -4.02. The Morgan fingerprint density at radius 2 is 1.92 bits per heavy atom. The monoisotopic (exact) mass is 192 g/mol. The molecule has 0 saturated heterocycles. The Balaban J connectivity index is 2.92. The van der Waals surface area contributed by atoms with Crippen LogP contribution < -0.4 is 0 Å². The van der Waals surface area contributed by atoms with Gasteiger partial charge in [-0.05, 0) is 6.42 Å². The van der Waals surface area contributed by atoms with Gasteiger partial charge in [0.2, 0.25) is 8.07 Å². The Hall–Kier alpha value is -0.513. The minimum absolute atomic E-state index is 0.509. The van der Waals surface area contributed by atoms with E-state index < -0.39 is 13.9 Å². The van der Waals surface area contributed by atoms with E-state index >= 15 is 0 Å². The number of halogens is 3. The van der Waals surface area contributed by atoms with Gasteiger partial charge in [0.25, 0.3) is 0 Å². The fraction of sp³-hybridized carbons (Fsp3) is 0.500. The predicted molar refractivity (Wildman–Crippen MR) is 45.4 cm³/mol. The van der Waals surface area contributed by atoms with E-state index in [4.69, 9.17) is 0 Å². The molecule has 1 aliphatic rings. The maximum Gasteiger partial charge on any atom is 0.365 e. The number of allylic oxidation sites excluding steroid dienone is 4. The summed E-state index contributed by atoms with van der Waals surface area (Å²) in [5.74, 6) is -4.02. The van der Waals surface area contributed by atoms with Crippen molar-refractivity contribution < 1.29 is 13.2 Å². The van der Waals surface area contributed by atoms with E-state index in [-0.39, 0.29) is 0 Å². The third kappa shape index (κ3) is 1.48. The zero-order valence-corrected chi connectivity index (χ0v) is 8.07. The van der Waals surface area contributed by atoms with Gasteiger partial charge in [0.05, 0.1) is 0 Å². The lowest BCUT2D eigenvalue weighted by Crippen LogP contribution is -2.46. The topological polar surface area (TPSA) is 0 Å². The van der Waals surface area contributed by atoms with Crippen LogP contribution in [0.25, 0.3) is 0 Å². The zero-order chi connectivity index (χ0) is 9.41. The quantitative estimate of drug-likeness (QED) is 0.559. The van der Waals surface area contributed by atoms with E-state index in [1.807, 2.05) is 0 Å². The second-order valence-corrected chi connectivity index (χ2v) is 7.81. The van der Waals surface area contributed by atoms with Gasteiger partial charge in [-0.25, -0.2) is 0 Å². The van der Waals surface area contributed by atoms with Gasteiger partial charge < -0.3 is 0 Å². The molecule has 4 heteroatoms. The van der Waals surface area contributed by atoms with Gasteiger partial charge in [-0.3, -0.25) is 0 Å². The van der Waals surface area contributed by atoms with Crippen molar-refractivity contribution in [3.8, 4) is 0 Å². The molecule has 0 spiro atoms. The Morgan fingerprint density at radius 3 is 2.25 bits per heavy atom. The molecule has 0 aromatic rings. The number of rotatable bonds is 1. The van der Waals surface area contributed by atoms with E-state index in [1.54, 1.807) is 18.2 Å². The number of alkyl halides is 3. The molecular weight excluding hydrogens is 181 g/mol. The molecule has 0 aromatic carbocycles. The Labute approximate surface area is 70.8 Å². The molecule has 0 amide bonds. The molecule has 0 aliphatic heterocycles. The lowest BCUT2D eigenvalue weighted by molar-refractivity contribution is -0.0546. The van der Waals surface area contributed by atoms with Gasteiger partial charge in [-0.1, -0.05) is 36.5 Å².